The number of imidazole rings is 1. The first-order chi connectivity index (χ1) is 10.4. The summed E-state index contributed by atoms with van der Waals surface area (Å²) in [5.74, 6) is -0.760. The fourth-order valence-corrected chi connectivity index (χ4v) is 4.17. The zero-order chi connectivity index (χ0) is 15.9. The van der Waals surface area contributed by atoms with Crippen LogP contribution < -0.4 is 0 Å². The van der Waals surface area contributed by atoms with Crippen LogP contribution in [0.3, 0.4) is 0 Å². The Bertz CT molecular complexity index is 778. The second-order valence-electron chi connectivity index (χ2n) is 5.42. The molecule has 0 bridgehead atoms. The van der Waals surface area contributed by atoms with E-state index in [2.05, 4.69) is 4.98 Å². The van der Waals surface area contributed by atoms with Crippen molar-refractivity contribution in [3.63, 3.8) is 0 Å². The van der Waals surface area contributed by atoms with E-state index in [0.717, 1.165) is 18.0 Å². The second-order valence-corrected chi connectivity index (χ2v) is 7.36. The van der Waals surface area contributed by atoms with Gasteiger partial charge in [-0.05, 0) is 19.1 Å². The van der Waals surface area contributed by atoms with Crippen LogP contribution in [0.2, 0.25) is 0 Å². The molecule has 1 fully saturated rings. The minimum absolute atomic E-state index is 0.168. The van der Waals surface area contributed by atoms with Gasteiger partial charge in [-0.3, -0.25) is 0 Å². The van der Waals surface area contributed by atoms with Crippen LogP contribution >= 0.6 is 0 Å². The van der Waals surface area contributed by atoms with Crippen LogP contribution in [0.1, 0.15) is 5.82 Å². The highest BCUT2D eigenvalue weighted by molar-refractivity contribution is 7.89. The third kappa shape index (κ3) is 2.76. The smallest absolute Gasteiger partial charge is 0.243 e. The fraction of sp³-hybridized carbons (Fsp3) is 0.357. The third-order valence-corrected chi connectivity index (χ3v) is 5.59. The van der Waals surface area contributed by atoms with Gasteiger partial charge in [0.15, 0.2) is 0 Å². The molecule has 8 heteroatoms. The monoisotopic (exact) mass is 327 g/mol. The van der Waals surface area contributed by atoms with Gasteiger partial charge in [-0.25, -0.2) is 22.2 Å². The molecular formula is C14H15F2N3O2S. The summed E-state index contributed by atoms with van der Waals surface area (Å²) in [6, 6.07) is 2.33. The number of sulfonamides is 1. The highest BCUT2D eigenvalue weighted by atomic mass is 32.2. The third-order valence-electron chi connectivity index (χ3n) is 3.78. The van der Waals surface area contributed by atoms with E-state index in [1.165, 1.54) is 4.31 Å². The van der Waals surface area contributed by atoms with Gasteiger partial charge in [-0.15, -0.1) is 0 Å². The van der Waals surface area contributed by atoms with Gasteiger partial charge in [0.2, 0.25) is 10.0 Å². The highest BCUT2D eigenvalue weighted by Crippen LogP contribution is 2.27. The van der Waals surface area contributed by atoms with Crippen LogP contribution in [-0.4, -0.2) is 35.4 Å². The van der Waals surface area contributed by atoms with Crippen molar-refractivity contribution < 1.29 is 17.2 Å². The molecule has 1 aromatic heterocycles. The summed E-state index contributed by atoms with van der Waals surface area (Å²) in [6.45, 7) is 3.22. The van der Waals surface area contributed by atoms with Crippen molar-refractivity contribution in [2.75, 3.05) is 13.1 Å². The van der Waals surface area contributed by atoms with Gasteiger partial charge in [-0.1, -0.05) is 0 Å². The van der Waals surface area contributed by atoms with Crippen LogP contribution in [0.25, 0.3) is 0 Å². The zero-order valence-corrected chi connectivity index (χ0v) is 12.7. The zero-order valence-electron chi connectivity index (χ0n) is 11.9. The molecule has 0 amide bonds. The van der Waals surface area contributed by atoms with E-state index < -0.39 is 21.7 Å². The van der Waals surface area contributed by atoms with Crippen LogP contribution in [0.5, 0.6) is 0 Å². The maximum absolute atomic E-state index is 13.2. The van der Waals surface area contributed by atoms with Crippen LogP contribution in [0.4, 0.5) is 8.78 Å². The first-order valence-corrected chi connectivity index (χ1v) is 8.24. The summed E-state index contributed by atoms with van der Waals surface area (Å²) in [4.78, 5) is 3.77. The first kappa shape index (κ1) is 15.1. The molecule has 1 aliphatic heterocycles. The number of halogens is 2. The molecule has 3 rings (SSSR count). The number of benzene rings is 1. The van der Waals surface area contributed by atoms with E-state index in [1.54, 1.807) is 6.20 Å². The Balaban J connectivity index is 1.70. The Morgan fingerprint density at radius 2 is 1.86 bits per heavy atom. The summed E-state index contributed by atoms with van der Waals surface area (Å²) in [5, 5.41) is 0. The van der Waals surface area contributed by atoms with Crippen molar-refractivity contribution in [2.45, 2.75) is 18.4 Å². The molecule has 2 aromatic rings. The topological polar surface area (TPSA) is 55.2 Å². The standard InChI is InChI=1S/C14H15F2N3O2S/c1-10-17-2-3-18(10)7-11-8-19(9-11)22(20,21)14-5-12(15)4-13(16)6-14/h2-6,11H,7-9H2,1H3. The number of aryl methyl sites for hydroxylation is 1. The Morgan fingerprint density at radius 3 is 2.41 bits per heavy atom. The number of rotatable bonds is 4. The largest absolute Gasteiger partial charge is 0.335 e. The summed E-state index contributed by atoms with van der Waals surface area (Å²) < 4.78 is 54.2. The molecule has 0 aliphatic carbocycles. The number of hydrogen-bond acceptors (Lipinski definition) is 3. The lowest BCUT2D eigenvalue weighted by Gasteiger charge is -2.38. The van der Waals surface area contributed by atoms with Crippen molar-refractivity contribution in [2.24, 2.45) is 5.92 Å². The van der Waals surface area contributed by atoms with Gasteiger partial charge >= 0.3 is 0 Å². The van der Waals surface area contributed by atoms with Crippen LogP contribution in [0, 0.1) is 24.5 Å². The normalized spacial score (nSPS) is 16.7. The maximum Gasteiger partial charge on any atom is 0.243 e. The van der Waals surface area contributed by atoms with Gasteiger partial charge in [0.05, 0.1) is 4.90 Å². The van der Waals surface area contributed by atoms with E-state index in [4.69, 9.17) is 0 Å². The quantitative estimate of drug-likeness (QED) is 0.860. The van der Waals surface area contributed by atoms with Gasteiger partial charge in [0.1, 0.15) is 17.5 Å². The summed E-state index contributed by atoms with van der Waals surface area (Å²) in [6.07, 6.45) is 3.53. The SMILES string of the molecule is Cc1nccn1CC1CN(S(=O)(=O)c2cc(F)cc(F)c2)C1. The lowest BCUT2D eigenvalue weighted by atomic mass is 10.0. The summed E-state index contributed by atoms with van der Waals surface area (Å²) in [5.41, 5.74) is 0. The maximum atomic E-state index is 13.2. The number of aromatic nitrogens is 2. The summed E-state index contributed by atoms with van der Waals surface area (Å²) in [7, 11) is -3.84. The predicted molar refractivity (Wildman–Crippen MR) is 75.6 cm³/mol. The van der Waals surface area contributed by atoms with Crippen LogP contribution in [0.15, 0.2) is 35.5 Å². The van der Waals surface area contributed by atoms with Crippen molar-refractivity contribution in [1.82, 2.24) is 13.9 Å². The second kappa shape index (κ2) is 5.44. The first-order valence-electron chi connectivity index (χ1n) is 6.80. The molecule has 0 atom stereocenters. The molecule has 1 saturated heterocycles. The van der Waals surface area contributed by atoms with Crippen molar-refractivity contribution in [3.8, 4) is 0 Å². The van der Waals surface area contributed by atoms with Crippen molar-refractivity contribution >= 4 is 10.0 Å². The minimum Gasteiger partial charge on any atom is -0.335 e. The van der Waals surface area contributed by atoms with Crippen molar-refractivity contribution in [3.05, 3.63) is 48.1 Å². The number of hydrogen-bond donors (Lipinski definition) is 0. The molecule has 22 heavy (non-hydrogen) atoms. The highest BCUT2D eigenvalue weighted by Gasteiger charge is 2.37. The van der Waals surface area contributed by atoms with E-state index >= 15 is 0 Å². The number of nitrogens with zero attached hydrogens (tertiary/aromatic N) is 3. The predicted octanol–water partition coefficient (Wildman–Crippen LogP) is 1.79. The van der Waals surface area contributed by atoms with Crippen molar-refractivity contribution in [1.29, 1.82) is 0 Å². The molecule has 1 aliphatic rings. The van der Waals surface area contributed by atoms with Crippen LogP contribution in [-0.2, 0) is 16.6 Å². The molecule has 0 saturated carbocycles. The fourth-order valence-electron chi connectivity index (χ4n) is 2.54. The Morgan fingerprint density at radius 1 is 1.23 bits per heavy atom. The molecule has 118 valence electrons. The molecule has 2 heterocycles. The lowest BCUT2D eigenvalue weighted by Crippen LogP contribution is -2.51. The van der Waals surface area contributed by atoms with E-state index in [9.17, 15) is 17.2 Å². The average molecular weight is 327 g/mol. The lowest BCUT2D eigenvalue weighted by molar-refractivity contribution is 0.179. The van der Waals surface area contributed by atoms with E-state index in [-0.39, 0.29) is 10.8 Å². The summed E-state index contributed by atoms with van der Waals surface area (Å²) >= 11 is 0. The molecule has 0 radical (unpaired) electrons. The average Bonchev–Trinajstić information content (AvgIpc) is 2.77. The van der Waals surface area contributed by atoms with Gasteiger partial charge < -0.3 is 4.57 Å². The Labute approximate surface area is 127 Å². The molecule has 0 spiro atoms. The molecule has 5 nitrogen and oxygen atoms in total. The molecule has 0 unspecified atom stereocenters. The Hall–Kier alpha value is -1.80. The van der Waals surface area contributed by atoms with Gasteiger partial charge in [0, 0.05) is 44.0 Å². The molecule has 1 aromatic carbocycles. The van der Waals surface area contributed by atoms with Gasteiger partial charge in [0.25, 0.3) is 0 Å². The minimum atomic E-state index is -3.84. The molecule has 0 N–H and O–H groups in total. The van der Waals surface area contributed by atoms with E-state index in [0.29, 0.717) is 25.7 Å². The molecular weight excluding hydrogens is 312 g/mol. The van der Waals surface area contributed by atoms with E-state index in [1.807, 2.05) is 17.7 Å². The Kier molecular flexibility index (Phi) is 3.73. The van der Waals surface area contributed by atoms with Gasteiger partial charge in [-0.2, -0.15) is 4.31 Å².